The smallest absolute Gasteiger partial charge is 0.220 e. The summed E-state index contributed by atoms with van der Waals surface area (Å²) in [6.07, 6.45) is 61.8. The lowest BCUT2D eigenvalue weighted by molar-refractivity contribution is -0.302. The van der Waals surface area contributed by atoms with Crippen LogP contribution in [0.2, 0.25) is 0 Å². The molecule has 0 aliphatic carbocycles. The minimum Gasteiger partial charge on any atom is -0.394 e. The van der Waals surface area contributed by atoms with Gasteiger partial charge < -0.3 is 40.3 Å². The molecule has 0 aromatic heterocycles. The molecular weight excluding hydrogens is 851 g/mol. The summed E-state index contributed by atoms with van der Waals surface area (Å²) in [6, 6.07) is -0.828. The molecular formula is C59H101NO8. The fourth-order valence-corrected chi connectivity index (χ4v) is 8.06. The van der Waals surface area contributed by atoms with E-state index in [1.807, 2.05) is 6.08 Å². The van der Waals surface area contributed by atoms with Gasteiger partial charge in [0.25, 0.3) is 0 Å². The Morgan fingerprint density at radius 1 is 0.515 bits per heavy atom. The molecule has 1 aliphatic heterocycles. The van der Waals surface area contributed by atoms with Crippen molar-refractivity contribution in [3.8, 4) is 0 Å². The number of nitrogens with one attached hydrogen (secondary N) is 1. The minimum atomic E-state index is -1.58. The second-order valence-corrected chi connectivity index (χ2v) is 18.6. The zero-order chi connectivity index (χ0) is 49.4. The van der Waals surface area contributed by atoms with E-state index in [2.05, 4.69) is 104 Å². The molecule has 1 aliphatic rings. The average Bonchev–Trinajstić information content (AvgIpc) is 3.34. The fraction of sp³-hybridized carbons (Fsp3) is 0.712. The average molecular weight is 952 g/mol. The zero-order valence-corrected chi connectivity index (χ0v) is 43.1. The van der Waals surface area contributed by atoms with Crippen LogP contribution in [0.1, 0.15) is 213 Å². The Morgan fingerprint density at radius 3 is 1.41 bits per heavy atom. The molecule has 0 radical (unpaired) electrons. The van der Waals surface area contributed by atoms with Gasteiger partial charge in [-0.3, -0.25) is 4.79 Å². The van der Waals surface area contributed by atoms with Crippen LogP contribution >= 0.6 is 0 Å². The van der Waals surface area contributed by atoms with Crippen LogP contribution in [0.4, 0.5) is 0 Å². The third kappa shape index (κ3) is 37.0. The van der Waals surface area contributed by atoms with Gasteiger partial charge in [0.1, 0.15) is 24.4 Å². The van der Waals surface area contributed by atoms with Gasteiger partial charge in [0, 0.05) is 6.42 Å². The third-order valence-corrected chi connectivity index (χ3v) is 12.4. The summed E-state index contributed by atoms with van der Waals surface area (Å²) in [5.41, 5.74) is 0. The van der Waals surface area contributed by atoms with Crippen LogP contribution in [0.5, 0.6) is 0 Å². The fourth-order valence-electron chi connectivity index (χ4n) is 8.06. The van der Waals surface area contributed by atoms with E-state index in [9.17, 15) is 30.3 Å². The molecule has 9 nitrogen and oxygen atoms in total. The van der Waals surface area contributed by atoms with Crippen molar-refractivity contribution in [3.05, 3.63) is 97.2 Å². The van der Waals surface area contributed by atoms with Crippen LogP contribution in [0.25, 0.3) is 0 Å². The van der Waals surface area contributed by atoms with E-state index in [4.69, 9.17) is 9.47 Å². The molecule has 1 saturated heterocycles. The lowest BCUT2D eigenvalue weighted by Gasteiger charge is -2.40. The van der Waals surface area contributed by atoms with Crippen molar-refractivity contribution in [2.24, 2.45) is 0 Å². The first-order valence-corrected chi connectivity index (χ1v) is 27.5. The topological polar surface area (TPSA) is 149 Å². The first-order valence-electron chi connectivity index (χ1n) is 27.5. The number of amides is 1. The van der Waals surface area contributed by atoms with Gasteiger partial charge in [-0.1, -0.05) is 220 Å². The van der Waals surface area contributed by atoms with E-state index in [1.165, 1.54) is 116 Å². The van der Waals surface area contributed by atoms with Gasteiger partial charge in [0.2, 0.25) is 5.91 Å². The third-order valence-electron chi connectivity index (χ3n) is 12.4. The van der Waals surface area contributed by atoms with Gasteiger partial charge in [-0.25, -0.2) is 0 Å². The van der Waals surface area contributed by atoms with Crippen molar-refractivity contribution < 1.29 is 39.8 Å². The Bertz CT molecular complexity index is 1380. The van der Waals surface area contributed by atoms with Crippen molar-refractivity contribution in [1.82, 2.24) is 5.32 Å². The Balaban J connectivity index is 2.21. The monoisotopic (exact) mass is 952 g/mol. The molecule has 0 aromatic rings. The van der Waals surface area contributed by atoms with E-state index in [1.54, 1.807) is 6.08 Å². The highest BCUT2D eigenvalue weighted by Gasteiger charge is 2.44. The zero-order valence-electron chi connectivity index (χ0n) is 43.1. The van der Waals surface area contributed by atoms with Crippen molar-refractivity contribution >= 4 is 5.91 Å². The summed E-state index contributed by atoms with van der Waals surface area (Å²) < 4.78 is 11.2. The maximum atomic E-state index is 13.0. The van der Waals surface area contributed by atoms with Gasteiger partial charge in [-0.15, -0.1) is 0 Å². The van der Waals surface area contributed by atoms with E-state index in [-0.39, 0.29) is 12.5 Å². The second kappa shape index (κ2) is 47.8. The van der Waals surface area contributed by atoms with Crippen LogP contribution in [-0.2, 0) is 14.3 Å². The summed E-state index contributed by atoms with van der Waals surface area (Å²) in [4.78, 5) is 13.0. The molecule has 6 N–H and O–H groups in total. The first-order chi connectivity index (χ1) is 33.3. The number of carbonyl (C=O) groups is 1. The molecule has 0 aromatic carbocycles. The predicted molar refractivity (Wildman–Crippen MR) is 285 cm³/mol. The Hall–Kier alpha value is -2.89. The molecule has 7 unspecified atom stereocenters. The maximum absolute atomic E-state index is 13.0. The SMILES string of the molecule is CC/C=C\C/C=C\C/C=C\C/C=C\C/C=C\C/C=C\CCCCCCCCCCCCCCC(=O)NC(COC1OC(CO)C(O)C(O)C1O)C(O)/C=C/CC/C=C/CCCCCCCCCC. The number of ether oxygens (including phenoxy) is 2. The van der Waals surface area contributed by atoms with Gasteiger partial charge in [-0.2, -0.15) is 0 Å². The van der Waals surface area contributed by atoms with E-state index < -0.39 is 49.5 Å². The van der Waals surface area contributed by atoms with Crippen molar-refractivity contribution in [3.63, 3.8) is 0 Å². The van der Waals surface area contributed by atoms with E-state index in [0.29, 0.717) is 6.42 Å². The molecule has 68 heavy (non-hydrogen) atoms. The largest absolute Gasteiger partial charge is 0.394 e. The van der Waals surface area contributed by atoms with Crippen molar-refractivity contribution in [1.29, 1.82) is 0 Å². The normalized spacial score (nSPS) is 20.4. The Kier molecular flexibility index (Phi) is 44.3. The molecule has 1 heterocycles. The second-order valence-electron chi connectivity index (χ2n) is 18.6. The van der Waals surface area contributed by atoms with Crippen LogP contribution in [0, 0.1) is 0 Å². The van der Waals surface area contributed by atoms with Gasteiger partial charge in [0.15, 0.2) is 6.29 Å². The highest BCUT2D eigenvalue weighted by Crippen LogP contribution is 2.23. The molecule has 7 atom stereocenters. The van der Waals surface area contributed by atoms with E-state index in [0.717, 1.165) is 77.0 Å². The number of unbranched alkanes of at least 4 members (excludes halogenated alkanes) is 21. The van der Waals surface area contributed by atoms with Crippen LogP contribution in [0.3, 0.4) is 0 Å². The summed E-state index contributed by atoms with van der Waals surface area (Å²) in [6.45, 7) is 3.63. The van der Waals surface area contributed by atoms with Crippen LogP contribution in [0.15, 0.2) is 97.2 Å². The number of allylic oxidation sites excluding steroid dienone is 15. The summed E-state index contributed by atoms with van der Waals surface area (Å²) in [5.74, 6) is -0.193. The number of carbonyl (C=O) groups excluding carboxylic acids is 1. The molecule has 1 fully saturated rings. The van der Waals surface area contributed by atoms with Gasteiger partial charge >= 0.3 is 0 Å². The van der Waals surface area contributed by atoms with E-state index >= 15 is 0 Å². The molecule has 390 valence electrons. The van der Waals surface area contributed by atoms with Crippen LogP contribution < -0.4 is 5.32 Å². The summed E-state index contributed by atoms with van der Waals surface area (Å²) in [5, 5.41) is 54.3. The van der Waals surface area contributed by atoms with Gasteiger partial charge in [-0.05, 0) is 83.5 Å². The van der Waals surface area contributed by atoms with Crippen LogP contribution in [-0.4, -0.2) is 87.5 Å². The molecule has 9 heteroatoms. The van der Waals surface area contributed by atoms with Crippen molar-refractivity contribution in [2.45, 2.75) is 256 Å². The molecule has 1 rings (SSSR count). The first kappa shape index (κ1) is 63.1. The standard InChI is InChI=1S/C59H101NO8/c1-3-5-7-9-11-13-15-17-19-20-21-22-23-24-25-26-27-28-29-30-31-32-33-34-35-37-39-41-43-45-47-49-55(63)60-52(51-67-59-58(66)57(65)56(64)54(50-61)68-59)53(62)48-46-44-42-40-38-36-18-16-14-12-10-8-6-4-2/h5,7,11,13,17,19,21-22,24-25,27-28,38,40,46,48,52-54,56-59,61-62,64-66H,3-4,6,8-10,12,14-16,18,20,23,26,29-37,39,41-45,47,49-51H2,1-2H3,(H,60,63)/b7-5-,13-11-,19-17-,22-21-,25-24-,28-27-,40-38+,48-46+. The molecule has 0 bridgehead atoms. The summed E-state index contributed by atoms with van der Waals surface area (Å²) in [7, 11) is 0. The number of hydrogen-bond acceptors (Lipinski definition) is 8. The number of aliphatic hydroxyl groups is 5. The lowest BCUT2D eigenvalue weighted by Crippen LogP contribution is -2.60. The number of aliphatic hydroxyl groups excluding tert-OH is 5. The number of hydrogen-bond donors (Lipinski definition) is 6. The minimum absolute atomic E-state index is 0.193. The van der Waals surface area contributed by atoms with Gasteiger partial charge in [0.05, 0.1) is 25.4 Å². The molecule has 1 amide bonds. The summed E-state index contributed by atoms with van der Waals surface area (Å²) >= 11 is 0. The molecule has 0 saturated carbocycles. The number of rotatable bonds is 45. The Morgan fingerprint density at radius 2 is 0.926 bits per heavy atom. The highest BCUT2D eigenvalue weighted by molar-refractivity contribution is 5.76. The quantitative estimate of drug-likeness (QED) is 0.0261. The lowest BCUT2D eigenvalue weighted by atomic mass is 9.99. The predicted octanol–water partition coefficient (Wildman–Crippen LogP) is 13.2. The molecule has 0 spiro atoms. The highest BCUT2D eigenvalue weighted by atomic mass is 16.7. The Labute approximate surface area is 415 Å². The van der Waals surface area contributed by atoms with Crippen molar-refractivity contribution in [2.75, 3.05) is 13.2 Å². The maximum Gasteiger partial charge on any atom is 0.220 e.